The zero-order valence-corrected chi connectivity index (χ0v) is 24.1. The van der Waals surface area contributed by atoms with Crippen molar-refractivity contribution in [1.82, 2.24) is 0 Å². The smallest absolute Gasteiger partial charge is 0.374 e. The van der Waals surface area contributed by atoms with Crippen molar-refractivity contribution >= 4 is 28.9 Å². The summed E-state index contributed by atoms with van der Waals surface area (Å²) >= 11 is 0. The molecule has 46 heavy (non-hydrogen) atoms. The van der Waals surface area contributed by atoms with Crippen molar-refractivity contribution in [2.45, 2.75) is 38.2 Å². The Morgan fingerprint density at radius 1 is 0.783 bits per heavy atom. The number of carbonyl (C=O) groups is 2. The minimum Gasteiger partial charge on any atom is -0.374 e. The minimum absolute atomic E-state index is 0.00435. The van der Waals surface area contributed by atoms with Crippen molar-refractivity contribution < 1.29 is 45.2 Å². The Labute approximate surface area is 257 Å². The van der Waals surface area contributed by atoms with Gasteiger partial charge in [-0.3, -0.25) is 9.59 Å². The van der Waals surface area contributed by atoms with Crippen LogP contribution in [0.5, 0.6) is 0 Å². The van der Waals surface area contributed by atoms with Crippen molar-refractivity contribution in [1.29, 1.82) is 0 Å². The number of carbonyl (C=O) groups excluding carboxylic acids is 2. The van der Waals surface area contributed by atoms with Gasteiger partial charge in [-0.25, -0.2) is 4.39 Å². The van der Waals surface area contributed by atoms with Crippen LogP contribution in [0.15, 0.2) is 90.1 Å². The van der Waals surface area contributed by atoms with Crippen molar-refractivity contribution in [2.75, 3.05) is 10.6 Å². The van der Waals surface area contributed by atoms with Crippen LogP contribution >= 0.6 is 0 Å². The summed E-state index contributed by atoms with van der Waals surface area (Å²) in [6.45, 7) is 3.04. The van der Waals surface area contributed by atoms with Gasteiger partial charge in [-0.05, 0) is 97.3 Å². The molecule has 1 aliphatic rings. The summed E-state index contributed by atoms with van der Waals surface area (Å²) < 4.78 is 95.5. The molecule has 0 aromatic heterocycles. The lowest BCUT2D eigenvalue weighted by Crippen LogP contribution is -2.42. The molecule has 2 N–H and O–H groups in total. The Morgan fingerprint density at radius 3 is 1.98 bits per heavy atom. The zero-order chi connectivity index (χ0) is 33.4. The third-order valence-electron chi connectivity index (χ3n) is 7.46. The van der Waals surface area contributed by atoms with Gasteiger partial charge in [-0.1, -0.05) is 23.4 Å². The van der Waals surface area contributed by atoms with Crippen LogP contribution in [0.2, 0.25) is 0 Å². The molecule has 4 aromatic rings. The van der Waals surface area contributed by atoms with Gasteiger partial charge in [-0.2, -0.15) is 26.3 Å². The highest BCUT2D eigenvalue weighted by Crippen LogP contribution is 2.49. The average Bonchev–Trinajstić information content (AvgIpc) is 3.46. The molecule has 6 nitrogen and oxygen atoms in total. The van der Waals surface area contributed by atoms with E-state index in [2.05, 4.69) is 15.8 Å². The molecule has 0 radical (unpaired) electrons. The van der Waals surface area contributed by atoms with Gasteiger partial charge in [0.2, 0.25) is 0 Å². The molecule has 2 amide bonds. The number of rotatable bonds is 6. The number of hydrogen-bond acceptors (Lipinski definition) is 4. The molecule has 0 saturated heterocycles. The standard InChI is InChI=1S/C33H24F7N3O3/c1-18-14-24(31(33(38,39)40)17-27(43-46-31)20-8-12-25(34)13-9-20)15-19(2)28(18)42-30(45)22-4-3-5-26(16-22)41-29(44)21-6-10-23(11-7-21)32(35,36)37/h3-16H,17H2,1-2H3,(H,41,44)(H,42,45). The van der Waals surface area contributed by atoms with Crippen LogP contribution < -0.4 is 10.6 Å². The minimum atomic E-state index is -4.88. The summed E-state index contributed by atoms with van der Waals surface area (Å²) in [7, 11) is 0. The van der Waals surface area contributed by atoms with Gasteiger partial charge in [0.1, 0.15) is 5.82 Å². The Kier molecular flexibility index (Phi) is 8.37. The van der Waals surface area contributed by atoms with E-state index >= 15 is 0 Å². The summed E-state index contributed by atoms with van der Waals surface area (Å²) in [5.41, 5.74) is -2.58. The highest BCUT2D eigenvalue weighted by molar-refractivity contribution is 6.08. The maximum Gasteiger partial charge on any atom is 0.435 e. The molecule has 0 saturated carbocycles. The largest absolute Gasteiger partial charge is 0.435 e. The second kappa shape index (κ2) is 12.0. The molecule has 0 spiro atoms. The van der Waals surface area contributed by atoms with Crippen molar-refractivity contribution in [2.24, 2.45) is 5.16 Å². The number of alkyl halides is 6. The molecule has 13 heteroatoms. The third kappa shape index (κ3) is 6.44. The second-order valence-corrected chi connectivity index (χ2v) is 10.7. The first-order valence-electron chi connectivity index (χ1n) is 13.7. The molecule has 238 valence electrons. The summed E-state index contributed by atoms with van der Waals surface area (Å²) in [5.74, 6) is -1.88. The fraction of sp³-hybridized carbons (Fsp3) is 0.182. The van der Waals surface area contributed by atoms with Crippen molar-refractivity contribution in [3.8, 4) is 0 Å². The second-order valence-electron chi connectivity index (χ2n) is 10.7. The number of nitrogens with zero attached hydrogens (tertiary/aromatic N) is 1. The number of halogens is 7. The Balaban J connectivity index is 1.33. The summed E-state index contributed by atoms with van der Waals surface area (Å²) in [4.78, 5) is 30.8. The highest BCUT2D eigenvalue weighted by Gasteiger charge is 2.62. The van der Waals surface area contributed by atoms with Crippen LogP contribution in [0, 0.1) is 19.7 Å². The van der Waals surface area contributed by atoms with E-state index in [0.717, 1.165) is 36.4 Å². The van der Waals surface area contributed by atoms with Crippen LogP contribution in [0.3, 0.4) is 0 Å². The van der Waals surface area contributed by atoms with E-state index in [1.165, 1.54) is 62.4 Å². The number of hydrogen-bond donors (Lipinski definition) is 2. The fourth-order valence-electron chi connectivity index (χ4n) is 5.03. The number of amides is 2. The lowest BCUT2D eigenvalue weighted by molar-refractivity contribution is -0.275. The molecule has 4 aromatic carbocycles. The van der Waals surface area contributed by atoms with Crippen molar-refractivity contribution in [3.63, 3.8) is 0 Å². The summed E-state index contributed by atoms with van der Waals surface area (Å²) in [6, 6.07) is 16.7. The molecule has 1 unspecified atom stereocenters. The van der Waals surface area contributed by atoms with E-state index < -0.39 is 47.6 Å². The highest BCUT2D eigenvalue weighted by atomic mass is 19.4. The molecule has 1 atom stereocenters. The van der Waals surface area contributed by atoms with E-state index in [-0.39, 0.29) is 39.3 Å². The Hall–Kier alpha value is -5.20. The van der Waals surface area contributed by atoms with Gasteiger partial charge in [-0.15, -0.1) is 0 Å². The van der Waals surface area contributed by atoms with Gasteiger partial charge in [0.25, 0.3) is 17.4 Å². The normalized spacial score (nSPS) is 16.4. The summed E-state index contributed by atoms with van der Waals surface area (Å²) in [5, 5.41) is 8.91. The predicted octanol–water partition coefficient (Wildman–Crippen LogP) is 8.55. The molecule has 0 bridgehead atoms. The van der Waals surface area contributed by atoms with Gasteiger partial charge in [0, 0.05) is 34.5 Å². The summed E-state index contributed by atoms with van der Waals surface area (Å²) in [6.07, 6.45) is -10.1. The van der Waals surface area contributed by atoms with E-state index in [1.807, 2.05) is 0 Å². The first kappa shape index (κ1) is 32.2. The maximum absolute atomic E-state index is 14.5. The number of oxime groups is 1. The lowest BCUT2D eigenvalue weighted by Gasteiger charge is -2.30. The SMILES string of the molecule is Cc1cc(C2(C(F)(F)F)CC(c3ccc(F)cc3)=NO2)cc(C)c1NC(=O)c1cccc(NC(=O)c2ccc(C(F)(F)F)cc2)c1. The fourth-order valence-corrected chi connectivity index (χ4v) is 5.03. The van der Waals surface area contributed by atoms with Crippen LogP contribution in [-0.4, -0.2) is 23.7 Å². The van der Waals surface area contributed by atoms with Crippen LogP contribution in [0.25, 0.3) is 0 Å². The van der Waals surface area contributed by atoms with Gasteiger partial charge < -0.3 is 15.5 Å². The third-order valence-corrected chi connectivity index (χ3v) is 7.46. The lowest BCUT2D eigenvalue weighted by atomic mass is 9.84. The topological polar surface area (TPSA) is 79.8 Å². The monoisotopic (exact) mass is 643 g/mol. The molecule has 0 fully saturated rings. The van der Waals surface area contributed by atoms with Gasteiger partial charge >= 0.3 is 12.4 Å². The molecular formula is C33H24F7N3O3. The van der Waals surface area contributed by atoms with Crippen LogP contribution in [0.1, 0.15) is 55.0 Å². The quantitative estimate of drug-likeness (QED) is 0.207. The molecule has 1 aliphatic heterocycles. The Bertz CT molecular complexity index is 1810. The zero-order valence-electron chi connectivity index (χ0n) is 24.1. The first-order valence-corrected chi connectivity index (χ1v) is 13.7. The molecule has 1 heterocycles. The van der Waals surface area contributed by atoms with Crippen LogP contribution in [0.4, 0.5) is 42.1 Å². The molecular weight excluding hydrogens is 619 g/mol. The molecule has 0 aliphatic carbocycles. The molecule has 5 rings (SSSR count). The van der Waals surface area contributed by atoms with Gasteiger partial charge in [0.05, 0.1) is 11.3 Å². The van der Waals surface area contributed by atoms with E-state index in [4.69, 9.17) is 4.84 Å². The first-order chi connectivity index (χ1) is 21.6. The maximum atomic E-state index is 14.5. The number of nitrogens with one attached hydrogen (secondary N) is 2. The number of aryl methyl sites for hydroxylation is 2. The predicted molar refractivity (Wildman–Crippen MR) is 156 cm³/mol. The number of benzene rings is 4. The number of anilines is 2. The Morgan fingerprint density at radius 2 is 1.39 bits per heavy atom. The van der Waals surface area contributed by atoms with E-state index in [0.29, 0.717) is 11.1 Å². The average molecular weight is 644 g/mol. The van der Waals surface area contributed by atoms with Crippen molar-refractivity contribution in [3.05, 3.63) is 130 Å². The van der Waals surface area contributed by atoms with E-state index in [9.17, 15) is 40.3 Å². The van der Waals surface area contributed by atoms with E-state index in [1.54, 1.807) is 0 Å². The van der Waals surface area contributed by atoms with Crippen LogP contribution in [-0.2, 0) is 16.6 Å². The van der Waals surface area contributed by atoms with Gasteiger partial charge in [0.15, 0.2) is 0 Å².